The van der Waals surface area contributed by atoms with Crippen molar-refractivity contribution in [3.63, 3.8) is 0 Å². The molecule has 79 valence electrons. The van der Waals surface area contributed by atoms with Crippen LogP contribution >= 0.6 is 0 Å². The van der Waals surface area contributed by atoms with Crippen LogP contribution in [0.5, 0.6) is 0 Å². The molecule has 0 unspecified atom stereocenters. The Kier molecular flexibility index (Phi) is 6.24. The highest BCUT2D eigenvalue weighted by molar-refractivity contribution is 4.72. The topological polar surface area (TPSA) is 36.9 Å². The fourth-order valence-electron chi connectivity index (χ4n) is 1.07. The van der Waals surface area contributed by atoms with E-state index in [0.717, 1.165) is 0 Å². The van der Waals surface area contributed by atoms with Gasteiger partial charge in [-0.1, -0.05) is 0 Å². The number of hydrogen-bond acceptors (Lipinski definition) is 4. The summed E-state index contributed by atoms with van der Waals surface area (Å²) in [6.45, 7) is 3.76. The van der Waals surface area contributed by atoms with E-state index in [1.54, 1.807) is 28.4 Å². The van der Waals surface area contributed by atoms with E-state index in [1.165, 1.54) is 0 Å². The first-order valence-electron chi connectivity index (χ1n) is 4.13. The van der Waals surface area contributed by atoms with Crippen LogP contribution in [0.25, 0.3) is 0 Å². The molecule has 0 rings (SSSR count). The lowest BCUT2D eigenvalue weighted by molar-refractivity contribution is -0.248. The molecule has 4 heteroatoms. The molecule has 4 nitrogen and oxygen atoms in total. The normalized spacial score (nSPS) is 12.5. The largest absolute Gasteiger partial charge is 0.356 e. The van der Waals surface area contributed by atoms with Gasteiger partial charge in [-0.25, -0.2) is 0 Å². The van der Waals surface area contributed by atoms with Crippen LogP contribution in [0.3, 0.4) is 0 Å². The van der Waals surface area contributed by atoms with Crippen molar-refractivity contribution in [2.45, 2.75) is 24.9 Å². The second-order valence-corrected chi connectivity index (χ2v) is 2.67. The maximum absolute atomic E-state index is 5.23. The Morgan fingerprint density at radius 3 is 1.77 bits per heavy atom. The molecule has 0 saturated carbocycles. The van der Waals surface area contributed by atoms with Crippen molar-refractivity contribution < 1.29 is 18.9 Å². The number of methoxy groups -OCH3 is 4. The van der Waals surface area contributed by atoms with Crippen molar-refractivity contribution in [3.05, 3.63) is 6.92 Å². The minimum absolute atomic E-state index is 0.332. The fraction of sp³-hybridized carbons (Fsp3) is 0.889. The lowest BCUT2D eigenvalue weighted by Crippen LogP contribution is -2.38. The van der Waals surface area contributed by atoms with Crippen molar-refractivity contribution in [2.75, 3.05) is 28.4 Å². The van der Waals surface area contributed by atoms with Gasteiger partial charge in [-0.3, -0.25) is 0 Å². The Labute approximate surface area is 80.1 Å². The zero-order chi connectivity index (χ0) is 10.3. The predicted octanol–water partition coefficient (Wildman–Crippen LogP) is 1.21. The monoisotopic (exact) mass is 191 g/mol. The van der Waals surface area contributed by atoms with Gasteiger partial charge < -0.3 is 18.9 Å². The van der Waals surface area contributed by atoms with E-state index in [9.17, 15) is 0 Å². The maximum atomic E-state index is 5.23. The van der Waals surface area contributed by atoms with Crippen LogP contribution in [0.1, 0.15) is 12.8 Å². The van der Waals surface area contributed by atoms with Crippen LogP contribution in [-0.4, -0.2) is 40.5 Å². The van der Waals surface area contributed by atoms with Crippen LogP contribution in [0, 0.1) is 6.92 Å². The number of rotatable bonds is 7. The Balaban J connectivity index is 4.21. The minimum atomic E-state index is -0.712. The van der Waals surface area contributed by atoms with Crippen molar-refractivity contribution in [2.24, 2.45) is 0 Å². The van der Waals surface area contributed by atoms with Crippen molar-refractivity contribution in [3.8, 4) is 0 Å². The summed E-state index contributed by atoms with van der Waals surface area (Å²) < 4.78 is 20.6. The molecule has 0 aromatic rings. The molecular formula is C9H19O4. The van der Waals surface area contributed by atoms with Crippen LogP contribution in [0.15, 0.2) is 0 Å². The minimum Gasteiger partial charge on any atom is -0.356 e. The summed E-state index contributed by atoms with van der Waals surface area (Å²) in [6, 6.07) is 0. The molecule has 0 spiro atoms. The summed E-state index contributed by atoms with van der Waals surface area (Å²) >= 11 is 0. The lowest BCUT2D eigenvalue weighted by atomic mass is 10.1. The van der Waals surface area contributed by atoms with Gasteiger partial charge in [-0.05, 0) is 6.92 Å². The van der Waals surface area contributed by atoms with Crippen LogP contribution in [0.2, 0.25) is 0 Å². The molecule has 0 bridgehead atoms. The van der Waals surface area contributed by atoms with E-state index in [2.05, 4.69) is 6.92 Å². The Bertz CT molecular complexity index is 111. The highest BCUT2D eigenvalue weighted by atomic mass is 16.7. The van der Waals surface area contributed by atoms with E-state index in [4.69, 9.17) is 18.9 Å². The fourth-order valence-corrected chi connectivity index (χ4v) is 1.07. The van der Waals surface area contributed by atoms with Crippen molar-refractivity contribution in [1.29, 1.82) is 0 Å². The molecule has 0 atom stereocenters. The summed E-state index contributed by atoms with van der Waals surface area (Å²) in [7, 11) is 6.31. The van der Waals surface area contributed by atoms with Gasteiger partial charge in [0.05, 0.1) is 6.42 Å². The second-order valence-electron chi connectivity index (χ2n) is 2.67. The summed E-state index contributed by atoms with van der Waals surface area (Å²) in [5, 5.41) is 0. The standard InChI is InChI=1S/C9H19O4/c1-6-9(12-4,13-5)7-8(10-2)11-3/h8H,1,6-7H2,2-5H3. The molecule has 0 aromatic carbocycles. The summed E-state index contributed by atoms with van der Waals surface area (Å²) in [5.41, 5.74) is 0. The average Bonchev–Trinajstić information content (AvgIpc) is 2.21. The van der Waals surface area contributed by atoms with E-state index in [1.807, 2.05) is 0 Å². The quantitative estimate of drug-likeness (QED) is 0.567. The number of hydrogen-bond donors (Lipinski definition) is 0. The summed E-state index contributed by atoms with van der Waals surface area (Å²) in [6.07, 6.45) is 0.668. The molecule has 0 N–H and O–H groups in total. The zero-order valence-electron chi connectivity index (χ0n) is 8.83. The van der Waals surface area contributed by atoms with Crippen LogP contribution in [0.4, 0.5) is 0 Å². The average molecular weight is 191 g/mol. The van der Waals surface area contributed by atoms with E-state index >= 15 is 0 Å². The highest BCUT2D eigenvalue weighted by Gasteiger charge is 2.31. The van der Waals surface area contributed by atoms with Gasteiger partial charge in [0.2, 0.25) is 0 Å². The van der Waals surface area contributed by atoms with Gasteiger partial charge in [-0.15, -0.1) is 0 Å². The van der Waals surface area contributed by atoms with Gasteiger partial charge in [0.25, 0.3) is 0 Å². The lowest BCUT2D eigenvalue weighted by Gasteiger charge is -2.32. The number of ether oxygens (including phenoxy) is 4. The molecule has 0 fully saturated rings. The SMILES string of the molecule is [CH2]CC(CC(OC)OC)(OC)OC. The Morgan fingerprint density at radius 2 is 1.54 bits per heavy atom. The molecule has 0 heterocycles. The smallest absolute Gasteiger partial charge is 0.172 e. The third-order valence-corrected chi connectivity index (χ3v) is 2.13. The second kappa shape index (κ2) is 6.32. The molecule has 0 saturated heterocycles. The van der Waals surface area contributed by atoms with Gasteiger partial charge in [-0.2, -0.15) is 0 Å². The van der Waals surface area contributed by atoms with E-state index in [-0.39, 0.29) is 6.29 Å². The first-order valence-corrected chi connectivity index (χ1v) is 4.13. The molecule has 13 heavy (non-hydrogen) atoms. The van der Waals surface area contributed by atoms with Gasteiger partial charge in [0, 0.05) is 34.9 Å². The van der Waals surface area contributed by atoms with Crippen molar-refractivity contribution in [1.82, 2.24) is 0 Å². The molecule has 0 aromatic heterocycles. The molecule has 0 aliphatic heterocycles. The molecule has 0 aliphatic carbocycles. The third-order valence-electron chi connectivity index (χ3n) is 2.13. The Hall–Kier alpha value is -0.160. The molecular weight excluding hydrogens is 172 g/mol. The zero-order valence-corrected chi connectivity index (χ0v) is 8.83. The highest BCUT2D eigenvalue weighted by Crippen LogP contribution is 2.23. The van der Waals surface area contributed by atoms with Gasteiger partial charge in [0.15, 0.2) is 12.1 Å². The third kappa shape index (κ3) is 3.60. The first-order chi connectivity index (χ1) is 6.17. The van der Waals surface area contributed by atoms with Gasteiger partial charge in [0.1, 0.15) is 0 Å². The van der Waals surface area contributed by atoms with Crippen LogP contribution < -0.4 is 0 Å². The molecule has 1 radical (unpaired) electrons. The molecule has 0 aliphatic rings. The van der Waals surface area contributed by atoms with Crippen LogP contribution in [-0.2, 0) is 18.9 Å². The summed E-state index contributed by atoms with van der Waals surface area (Å²) in [4.78, 5) is 0. The van der Waals surface area contributed by atoms with E-state index in [0.29, 0.717) is 12.8 Å². The first kappa shape index (κ1) is 12.8. The Morgan fingerprint density at radius 1 is 1.08 bits per heavy atom. The van der Waals surface area contributed by atoms with E-state index < -0.39 is 5.79 Å². The maximum Gasteiger partial charge on any atom is 0.172 e. The van der Waals surface area contributed by atoms with Crippen molar-refractivity contribution >= 4 is 0 Å². The predicted molar refractivity (Wildman–Crippen MR) is 49.1 cm³/mol. The molecule has 0 amide bonds. The summed E-state index contributed by atoms with van der Waals surface area (Å²) in [5.74, 6) is -0.712. The van der Waals surface area contributed by atoms with Gasteiger partial charge >= 0.3 is 0 Å².